The molecule has 0 radical (unpaired) electrons. The number of ether oxygens (including phenoxy) is 2. The molecule has 1 N–H and O–H groups in total. The second-order valence-electron chi connectivity index (χ2n) is 5.21. The number of nitrogens with one attached hydrogen (secondary N) is 1. The van der Waals surface area contributed by atoms with Gasteiger partial charge in [0.05, 0.1) is 19.8 Å². The minimum Gasteiger partial charge on any atom is -0.490 e. The molecule has 0 bridgehead atoms. The number of carbonyl (C=O) groups is 1. The van der Waals surface area contributed by atoms with E-state index in [2.05, 4.69) is 11.9 Å². The molecule has 5 nitrogen and oxygen atoms in total. The Morgan fingerprint density at radius 1 is 1.18 bits per heavy atom. The minimum atomic E-state index is -0.0737. The third-order valence-electron chi connectivity index (χ3n) is 2.78. The fourth-order valence-corrected chi connectivity index (χ4v) is 2.09. The summed E-state index contributed by atoms with van der Waals surface area (Å²) in [5.41, 5.74) is 1.72. The number of benzene rings is 1. The molecule has 1 aromatic rings. The predicted molar refractivity (Wildman–Crippen MR) is 89.7 cm³/mol. The summed E-state index contributed by atoms with van der Waals surface area (Å²) in [6, 6.07) is 5.40. The van der Waals surface area contributed by atoms with Crippen molar-refractivity contribution in [2.24, 2.45) is 0 Å². The number of nitrogens with zero attached hydrogens (tertiary/aromatic N) is 1. The van der Waals surface area contributed by atoms with Crippen molar-refractivity contribution >= 4 is 11.6 Å². The van der Waals surface area contributed by atoms with E-state index in [0.29, 0.717) is 43.5 Å². The summed E-state index contributed by atoms with van der Waals surface area (Å²) in [6.07, 6.45) is 0. The van der Waals surface area contributed by atoms with E-state index in [4.69, 9.17) is 9.47 Å². The van der Waals surface area contributed by atoms with Gasteiger partial charge in [0.25, 0.3) is 0 Å². The fraction of sp³-hybridized carbons (Fsp3) is 0.471. The van der Waals surface area contributed by atoms with E-state index in [1.165, 1.54) is 0 Å². The highest BCUT2D eigenvalue weighted by atomic mass is 16.5. The Labute approximate surface area is 132 Å². The zero-order chi connectivity index (χ0) is 16.5. The van der Waals surface area contributed by atoms with E-state index < -0.39 is 0 Å². The van der Waals surface area contributed by atoms with Gasteiger partial charge in [-0.1, -0.05) is 12.2 Å². The molecule has 0 fully saturated rings. The van der Waals surface area contributed by atoms with Crippen LogP contribution in [0.2, 0.25) is 0 Å². The molecule has 0 aromatic heterocycles. The van der Waals surface area contributed by atoms with Gasteiger partial charge in [-0.25, -0.2) is 0 Å². The first-order valence-corrected chi connectivity index (χ1v) is 7.48. The Morgan fingerprint density at radius 3 is 2.41 bits per heavy atom. The molecule has 0 heterocycles. The zero-order valence-corrected chi connectivity index (χ0v) is 13.9. The van der Waals surface area contributed by atoms with Gasteiger partial charge in [0, 0.05) is 18.3 Å². The van der Waals surface area contributed by atoms with Crippen LogP contribution in [-0.2, 0) is 4.79 Å². The number of rotatable bonds is 9. The van der Waals surface area contributed by atoms with E-state index in [-0.39, 0.29) is 5.91 Å². The van der Waals surface area contributed by atoms with Crippen molar-refractivity contribution in [3.63, 3.8) is 0 Å². The molecule has 122 valence electrons. The lowest BCUT2D eigenvalue weighted by Crippen LogP contribution is -2.31. The van der Waals surface area contributed by atoms with E-state index in [1.54, 1.807) is 6.07 Å². The molecule has 0 saturated carbocycles. The van der Waals surface area contributed by atoms with Crippen molar-refractivity contribution < 1.29 is 14.3 Å². The van der Waals surface area contributed by atoms with Gasteiger partial charge in [-0.3, -0.25) is 9.69 Å². The first kappa shape index (κ1) is 18.0. The Bertz CT molecular complexity index is 515. The Kier molecular flexibility index (Phi) is 7.46. The number of likely N-dealkylation sites (N-methyl/N-ethyl adjacent to an activating group) is 1. The van der Waals surface area contributed by atoms with Crippen LogP contribution >= 0.6 is 0 Å². The maximum Gasteiger partial charge on any atom is 0.238 e. The summed E-state index contributed by atoms with van der Waals surface area (Å²) in [5.74, 6) is 1.24. The summed E-state index contributed by atoms with van der Waals surface area (Å²) in [5, 5.41) is 2.87. The largest absolute Gasteiger partial charge is 0.490 e. The molecule has 0 aliphatic heterocycles. The molecule has 0 spiro atoms. The lowest BCUT2D eigenvalue weighted by atomic mass is 10.2. The molecule has 0 unspecified atom stereocenters. The standard InChI is InChI=1S/C17H26N2O3/c1-6-21-15-9-8-14(10-16(15)22-7-2)18-17(20)12-19(5)11-13(3)4/h8-10H,3,6-7,11-12H2,1-2,4-5H3,(H,18,20). The second-order valence-corrected chi connectivity index (χ2v) is 5.21. The van der Waals surface area contributed by atoms with E-state index in [0.717, 1.165) is 5.57 Å². The first-order valence-electron chi connectivity index (χ1n) is 7.48. The molecule has 0 atom stereocenters. The van der Waals surface area contributed by atoms with Crippen molar-refractivity contribution in [2.45, 2.75) is 20.8 Å². The quantitative estimate of drug-likeness (QED) is 0.713. The van der Waals surface area contributed by atoms with Gasteiger partial charge in [0.15, 0.2) is 11.5 Å². The molecule has 0 aliphatic rings. The maximum atomic E-state index is 12.0. The van der Waals surface area contributed by atoms with Gasteiger partial charge in [0.2, 0.25) is 5.91 Å². The summed E-state index contributed by atoms with van der Waals surface area (Å²) < 4.78 is 11.0. The summed E-state index contributed by atoms with van der Waals surface area (Å²) in [4.78, 5) is 13.9. The van der Waals surface area contributed by atoms with E-state index in [9.17, 15) is 4.79 Å². The number of anilines is 1. The third kappa shape index (κ3) is 6.18. The van der Waals surface area contributed by atoms with Crippen LogP contribution in [0, 0.1) is 0 Å². The maximum absolute atomic E-state index is 12.0. The van der Waals surface area contributed by atoms with E-state index >= 15 is 0 Å². The van der Waals surface area contributed by atoms with Crippen LogP contribution in [0.4, 0.5) is 5.69 Å². The number of hydrogen-bond donors (Lipinski definition) is 1. The normalized spacial score (nSPS) is 10.4. The van der Waals surface area contributed by atoms with Crippen molar-refractivity contribution in [1.82, 2.24) is 4.90 Å². The summed E-state index contributed by atoms with van der Waals surface area (Å²) in [6.45, 7) is 11.7. The van der Waals surface area contributed by atoms with Gasteiger partial charge in [-0.05, 0) is 40.0 Å². The van der Waals surface area contributed by atoms with Gasteiger partial charge < -0.3 is 14.8 Å². The van der Waals surface area contributed by atoms with Crippen LogP contribution in [0.3, 0.4) is 0 Å². The average molecular weight is 306 g/mol. The lowest BCUT2D eigenvalue weighted by Gasteiger charge is -2.17. The monoisotopic (exact) mass is 306 g/mol. The predicted octanol–water partition coefficient (Wildman–Crippen LogP) is 2.93. The van der Waals surface area contributed by atoms with Gasteiger partial charge in [-0.2, -0.15) is 0 Å². The van der Waals surface area contributed by atoms with E-state index in [1.807, 2.05) is 44.9 Å². The minimum absolute atomic E-state index is 0.0737. The van der Waals surface area contributed by atoms with Gasteiger partial charge >= 0.3 is 0 Å². The summed E-state index contributed by atoms with van der Waals surface area (Å²) >= 11 is 0. The van der Waals surface area contributed by atoms with Crippen LogP contribution in [0.25, 0.3) is 0 Å². The lowest BCUT2D eigenvalue weighted by molar-refractivity contribution is -0.116. The highest BCUT2D eigenvalue weighted by Crippen LogP contribution is 2.30. The van der Waals surface area contributed by atoms with Crippen molar-refractivity contribution in [3.8, 4) is 11.5 Å². The second kappa shape index (κ2) is 9.10. The smallest absolute Gasteiger partial charge is 0.238 e. The highest BCUT2D eigenvalue weighted by Gasteiger charge is 2.10. The Morgan fingerprint density at radius 2 is 1.82 bits per heavy atom. The SMILES string of the molecule is C=C(C)CN(C)CC(=O)Nc1ccc(OCC)c(OCC)c1. The van der Waals surface area contributed by atoms with Crippen LogP contribution in [0.5, 0.6) is 11.5 Å². The van der Waals surface area contributed by atoms with Gasteiger partial charge in [-0.15, -0.1) is 0 Å². The molecular weight excluding hydrogens is 280 g/mol. The molecule has 1 aromatic carbocycles. The van der Waals surface area contributed by atoms with Crippen molar-refractivity contribution in [1.29, 1.82) is 0 Å². The molecule has 22 heavy (non-hydrogen) atoms. The number of carbonyl (C=O) groups excluding carboxylic acids is 1. The average Bonchev–Trinajstić information content (AvgIpc) is 2.41. The molecule has 0 saturated heterocycles. The molecule has 1 rings (SSSR count). The van der Waals surface area contributed by atoms with Crippen molar-refractivity contribution in [2.75, 3.05) is 38.7 Å². The van der Waals surface area contributed by atoms with Crippen LogP contribution in [0.15, 0.2) is 30.4 Å². The van der Waals surface area contributed by atoms with Crippen LogP contribution in [-0.4, -0.2) is 44.2 Å². The number of hydrogen-bond acceptors (Lipinski definition) is 4. The zero-order valence-electron chi connectivity index (χ0n) is 13.9. The van der Waals surface area contributed by atoms with Gasteiger partial charge in [0.1, 0.15) is 0 Å². The van der Waals surface area contributed by atoms with Crippen LogP contribution in [0.1, 0.15) is 20.8 Å². The topological polar surface area (TPSA) is 50.8 Å². The summed E-state index contributed by atoms with van der Waals surface area (Å²) in [7, 11) is 1.89. The first-order chi connectivity index (χ1) is 10.5. The molecule has 5 heteroatoms. The Balaban J connectivity index is 2.70. The fourth-order valence-electron chi connectivity index (χ4n) is 2.09. The highest BCUT2D eigenvalue weighted by molar-refractivity contribution is 5.92. The van der Waals surface area contributed by atoms with Crippen LogP contribution < -0.4 is 14.8 Å². The third-order valence-corrected chi connectivity index (χ3v) is 2.78. The molecule has 1 amide bonds. The van der Waals surface area contributed by atoms with Crippen molar-refractivity contribution in [3.05, 3.63) is 30.4 Å². The Hall–Kier alpha value is -2.01. The molecule has 0 aliphatic carbocycles. The number of amides is 1. The molecular formula is C17H26N2O3.